The zero-order chi connectivity index (χ0) is 2.71. The van der Waals surface area contributed by atoms with Gasteiger partial charge in [0.25, 0.3) is 0 Å². The molecule has 0 unspecified atom stereocenters. The first kappa shape index (κ1) is 24.2. The van der Waals surface area contributed by atoms with Crippen LogP contribution in [0.5, 0.6) is 0 Å². The Morgan fingerprint density at radius 2 is 1.33 bits per heavy atom. The zero-order valence-corrected chi connectivity index (χ0v) is 2.49. The first-order valence-corrected chi connectivity index (χ1v) is 0.645. The molecule has 6 heteroatoms. The van der Waals surface area contributed by atoms with Crippen LogP contribution in [0.25, 0.3) is 0 Å². The molecule has 0 heterocycles. The van der Waals surface area contributed by atoms with Gasteiger partial charge in [-0.3, -0.25) is 0 Å². The third kappa shape index (κ3) is 35.0. The Bertz CT molecular complexity index is 8.75. The van der Waals surface area contributed by atoms with Gasteiger partial charge in [0, 0.05) is 0 Å². The van der Waals surface area contributed by atoms with Gasteiger partial charge in [-0.05, 0) is 0 Å². The monoisotopic (exact) mass is 134 g/mol. The molecule has 0 spiro atoms. The van der Waals surface area contributed by atoms with E-state index in [-0.39, 0.29) is 64.6 Å². The van der Waals surface area contributed by atoms with E-state index >= 15 is 0 Å². The van der Waals surface area contributed by atoms with Crippen LogP contribution in [-0.2, 0) is 4.44 Å². The summed E-state index contributed by atoms with van der Waals surface area (Å²) in [5, 5.41) is 6.83. The number of rotatable bonds is 0. The van der Waals surface area contributed by atoms with Crippen LogP contribution in [0.3, 0.4) is 0 Å². The van der Waals surface area contributed by atoms with Crippen molar-refractivity contribution >= 4 is 71.0 Å². The Labute approximate surface area is 85.0 Å². The van der Waals surface area contributed by atoms with Crippen molar-refractivity contribution in [3.05, 3.63) is 0 Å². The van der Waals surface area contributed by atoms with Crippen LogP contribution in [0.2, 0.25) is 0 Å². The van der Waals surface area contributed by atoms with E-state index in [1.165, 1.54) is 0 Å². The van der Waals surface area contributed by atoms with Gasteiger partial charge in [-0.25, -0.2) is 5.26 Å². The van der Waals surface area contributed by atoms with E-state index in [4.69, 9.17) is 5.26 Å². The molecule has 0 aromatic heterocycles. The van der Waals surface area contributed by atoms with Gasteiger partial charge in [0.15, 0.2) is 0 Å². The summed E-state index contributed by atoms with van der Waals surface area (Å²) in [6.45, 7) is 0. The maximum atomic E-state index is 6.83. The third-order valence-corrected chi connectivity index (χ3v) is 0. The van der Waals surface area contributed by atoms with E-state index in [1.807, 2.05) is 0 Å². The van der Waals surface area contributed by atoms with Crippen LogP contribution >= 0.6 is 11.9 Å². The van der Waals surface area contributed by atoms with Crippen molar-refractivity contribution < 1.29 is 15.2 Å². The normalized spacial score (nSPS) is 3.00. The molecule has 0 aromatic rings. The fourth-order valence-electron chi connectivity index (χ4n) is 0. The second-order valence-corrected chi connectivity index (χ2v) is 0.207. The van der Waals surface area contributed by atoms with Crippen LogP contribution in [0, 0.1) is 0 Å². The topological polar surface area (TPSA) is 61.0 Å². The first-order valence-electron chi connectivity index (χ1n) is 0.337. The van der Waals surface area contributed by atoms with E-state index in [1.54, 1.807) is 0 Å². The van der Waals surface area contributed by atoms with Crippen LogP contribution in [0.1, 0.15) is 0 Å². The molecule has 0 aromatic carbocycles. The van der Waals surface area contributed by atoms with Crippen molar-refractivity contribution in [2.75, 3.05) is 0 Å². The standard InChI is InChI=1S/ClHO2.2Na.H2O.2H/c1-3-2;;;;;/h2H;;;1H2;;. The Hall–Kier alpha value is 2.17. The van der Waals surface area contributed by atoms with E-state index in [2.05, 4.69) is 16.3 Å². The van der Waals surface area contributed by atoms with Crippen molar-refractivity contribution in [1.29, 1.82) is 0 Å². The fraction of sp³-hybridized carbons (Fsp3) is 0. The molecule has 32 valence electrons. The van der Waals surface area contributed by atoms with Crippen molar-refractivity contribution in [2.24, 2.45) is 0 Å². The van der Waals surface area contributed by atoms with Crippen molar-refractivity contribution in [1.82, 2.24) is 0 Å². The number of halogens is 1. The fourth-order valence-corrected chi connectivity index (χ4v) is 0. The summed E-state index contributed by atoms with van der Waals surface area (Å²) in [5.74, 6) is 0. The van der Waals surface area contributed by atoms with Crippen molar-refractivity contribution in [2.45, 2.75) is 0 Å². The first-order chi connectivity index (χ1) is 1.41. The molecule has 3 nitrogen and oxygen atoms in total. The molecule has 0 atom stereocenters. The van der Waals surface area contributed by atoms with Gasteiger partial charge in [0.2, 0.25) is 0 Å². The molecule has 0 saturated heterocycles. The quantitative estimate of drug-likeness (QED) is 0.249. The van der Waals surface area contributed by atoms with Gasteiger partial charge in [-0.15, -0.1) is 4.44 Å². The number of hydrogen-bond acceptors (Lipinski definition) is 2. The van der Waals surface area contributed by atoms with Gasteiger partial charge in [-0.1, -0.05) is 0 Å². The molecule has 3 N–H and O–H groups in total. The zero-order valence-electron chi connectivity index (χ0n) is 1.73. The minimum absolute atomic E-state index is 0. The molecule has 0 rings (SSSR count). The maximum absolute atomic E-state index is 6.83. The third-order valence-electron chi connectivity index (χ3n) is 0. The molecule has 0 amide bonds. The molecule has 6 heavy (non-hydrogen) atoms. The molecule has 0 fully saturated rings. The molecular formula is H5ClNa2O3. The molecule has 0 aliphatic carbocycles. The van der Waals surface area contributed by atoms with E-state index < -0.39 is 0 Å². The van der Waals surface area contributed by atoms with Gasteiger partial charge in [-0.2, -0.15) is 0 Å². The van der Waals surface area contributed by atoms with Crippen LogP contribution in [0.4, 0.5) is 0 Å². The molecule has 0 bridgehead atoms. The van der Waals surface area contributed by atoms with Gasteiger partial charge in [0.1, 0.15) is 0 Å². The Balaban J connectivity index is -0.00000000667. The molecule has 0 saturated carbocycles. The summed E-state index contributed by atoms with van der Waals surface area (Å²) in [6, 6.07) is 0. The van der Waals surface area contributed by atoms with Gasteiger partial charge < -0.3 is 5.48 Å². The van der Waals surface area contributed by atoms with E-state index in [0.29, 0.717) is 0 Å². The van der Waals surface area contributed by atoms with Crippen molar-refractivity contribution in [3.63, 3.8) is 0 Å². The summed E-state index contributed by atoms with van der Waals surface area (Å²) in [6.07, 6.45) is 0. The summed E-state index contributed by atoms with van der Waals surface area (Å²) < 4.78 is 2.72. The minimum atomic E-state index is 0. The van der Waals surface area contributed by atoms with Gasteiger partial charge in [0.05, 0.1) is 11.9 Å². The second-order valence-electron chi connectivity index (χ2n) is 0.0690. The summed E-state index contributed by atoms with van der Waals surface area (Å²) in [5.41, 5.74) is 0. The molecule has 0 aliphatic rings. The predicted octanol–water partition coefficient (Wildman–Crippen LogP) is -1.49. The van der Waals surface area contributed by atoms with Crippen LogP contribution < -0.4 is 0 Å². The average molecular weight is 134 g/mol. The van der Waals surface area contributed by atoms with E-state index in [9.17, 15) is 0 Å². The number of hydrogen-bond donors (Lipinski definition) is 1. The summed E-state index contributed by atoms with van der Waals surface area (Å²) in [7, 11) is 0. The Morgan fingerprint density at radius 3 is 1.33 bits per heavy atom. The van der Waals surface area contributed by atoms with Crippen LogP contribution in [0.15, 0.2) is 0 Å². The average Bonchev–Trinajstić information content (AvgIpc) is 0.918. The molecular weight excluding hydrogens is 129 g/mol. The van der Waals surface area contributed by atoms with Crippen molar-refractivity contribution in [3.8, 4) is 0 Å². The molecule has 0 radical (unpaired) electrons. The SMILES string of the molecule is O.OOCl.[NaH].[NaH]. The Morgan fingerprint density at radius 1 is 1.33 bits per heavy atom. The summed E-state index contributed by atoms with van der Waals surface area (Å²) in [4.78, 5) is 0. The van der Waals surface area contributed by atoms with Crippen LogP contribution in [-0.4, -0.2) is 69.8 Å². The summed E-state index contributed by atoms with van der Waals surface area (Å²) >= 11 is 4.05. The Kier molecular flexibility index (Phi) is 109. The predicted molar refractivity (Wildman–Crippen MR) is 27.5 cm³/mol. The molecule has 0 aliphatic heterocycles. The van der Waals surface area contributed by atoms with E-state index in [0.717, 1.165) is 0 Å². The van der Waals surface area contributed by atoms with Gasteiger partial charge >= 0.3 is 59.1 Å². The second kappa shape index (κ2) is 27.2.